The third-order valence-electron chi connectivity index (χ3n) is 3.41. The zero-order valence-corrected chi connectivity index (χ0v) is 10.6. The van der Waals surface area contributed by atoms with Crippen LogP contribution >= 0.6 is 0 Å². The van der Waals surface area contributed by atoms with Crippen molar-refractivity contribution < 1.29 is 4.57 Å². The molecule has 0 radical (unpaired) electrons. The van der Waals surface area contributed by atoms with Crippen LogP contribution in [0.2, 0.25) is 0 Å². The lowest BCUT2D eigenvalue weighted by molar-refractivity contribution is -0.674. The van der Waals surface area contributed by atoms with Gasteiger partial charge in [-0.15, -0.1) is 0 Å². The number of nitrogens with two attached hydrogens (primary N) is 1. The van der Waals surface area contributed by atoms with E-state index in [4.69, 9.17) is 5.73 Å². The van der Waals surface area contributed by atoms with E-state index in [2.05, 4.69) is 30.9 Å². The van der Waals surface area contributed by atoms with Crippen molar-refractivity contribution in [3.63, 3.8) is 0 Å². The summed E-state index contributed by atoms with van der Waals surface area (Å²) in [5.74, 6) is 1.24. The molecule has 0 aliphatic carbocycles. The minimum absolute atomic E-state index is 0.189. The van der Waals surface area contributed by atoms with Gasteiger partial charge in [-0.05, 0) is 24.3 Å². The highest BCUT2D eigenvalue weighted by Gasteiger charge is 2.30. The second-order valence-electron chi connectivity index (χ2n) is 4.65. The molecular formula is C14H13N6+. The van der Waals surface area contributed by atoms with Crippen molar-refractivity contribution in [3.05, 3.63) is 54.4 Å². The van der Waals surface area contributed by atoms with E-state index < -0.39 is 0 Å². The first kappa shape index (κ1) is 11.0. The molecule has 1 aromatic carbocycles. The molecule has 6 heteroatoms. The Morgan fingerprint density at radius 2 is 1.90 bits per heavy atom. The summed E-state index contributed by atoms with van der Waals surface area (Å²) in [6.45, 7) is 0. The fraction of sp³-hybridized carbons (Fsp3) is 0.0714. The smallest absolute Gasteiger partial charge is 0.357 e. The van der Waals surface area contributed by atoms with Gasteiger partial charge in [-0.3, -0.25) is 4.98 Å². The number of imidazole rings is 1. The van der Waals surface area contributed by atoms with Crippen LogP contribution in [0.5, 0.6) is 0 Å². The Balaban J connectivity index is 1.98. The van der Waals surface area contributed by atoms with Gasteiger partial charge in [-0.2, -0.15) is 4.99 Å². The summed E-state index contributed by atoms with van der Waals surface area (Å²) in [7, 11) is 0. The average molecular weight is 265 g/mol. The molecule has 1 aliphatic heterocycles. The predicted molar refractivity (Wildman–Crippen MR) is 76.1 cm³/mol. The fourth-order valence-electron chi connectivity index (χ4n) is 2.55. The van der Waals surface area contributed by atoms with Crippen LogP contribution in [0.1, 0.15) is 11.7 Å². The van der Waals surface area contributed by atoms with Gasteiger partial charge in [0.15, 0.2) is 0 Å². The van der Waals surface area contributed by atoms with Crippen molar-refractivity contribution in [1.82, 2.24) is 9.97 Å². The minimum atomic E-state index is -0.189. The first-order chi connectivity index (χ1) is 9.83. The number of hydrogen-bond donors (Lipinski definition) is 3. The topological polar surface area (TPSA) is 83.0 Å². The molecule has 98 valence electrons. The number of benzene rings is 1. The lowest BCUT2D eigenvalue weighted by atomic mass is 10.2. The SMILES string of the molecule is NC1=N[C@@H](c2ccncc2)[n+]2c([nH]c3ccccc32)N1. The zero-order valence-electron chi connectivity index (χ0n) is 10.6. The van der Waals surface area contributed by atoms with Crippen LogP contribution in [-0.4, -0.2) is 15.9 Å². The molecule has 0 saturated heterocycles. The average Bonchev–Trinajstić information content (AvgIpc) is 2.85. The van der Waals surface area contributed by atoms with Gasteiger partial charge in [0.2, 0.25) is 6.17 Å². The molecule has 0 spiro atoms. The van der Waals surface area contributed by atoms with E-state index in [0.717, 1.165) is 22.5 Å². The normalized spacial score (nSPS) is 17.4. The third kappa shape index (κ3) is 1.55. The number of H-pyrrole nitrogens is 1. The van der Waals surface area contributed by atoms with Crippen molar-refractivity contribution in [3.8, 4) is 0 Å². The van der Waals surface area contributed by atoms with Crippen LogP contribution in [0.25, 0.3) is 11.0 Å². The summed E-state index contributed by atoms with van der Waals surface area (Å²) in [5.41, 5.74) is 9.05. The molecule has 1 atom stereocenters. The second kappa shape index (κ2) is 4.06. The van der Waals surface area contributed by atoms with Crippen LogP contribution in [0.15, 0.2) is 53.8 Å². The summed E-state index contributed by atoms with van der Waals surface area (Å²) in [6, 6.07) is 12.0. The number of anilines is 1. The lowest BCUT2D eigenvalue weighted by Gasteiger charge is -2.17. The van der Waals surface area contributed by atoms with Crippen molar-refractivity contribution in [1.29, 1.82) is 0 Å². The van der Waals surface area contributed by atoms with Crippen LogP contribution in [-0.2, 0) is 0 Å². The molecule has 2 aromatic heterocycles. The number of hydrogen-bond acceptors (Lipinski definition) is 4. The molecule has 20 heavy (non-hydrogen) atoms. The number of rotatable bonds is 1. The van der Waals surface area contributed by atoms with Crippen molar-refractivity contribution in [2.75, 3.05) is 5.32 Å². The maximum Gasteiger partial charge on any atom is 0.365 e. The minimum Gasteiger partial charge on any atom is -0.357 e. The molecule has 0 amide bonds. The molecule has 6 nitrogen and oxygen atoms in total. The maximum atomic E-state index is 5.89. The monoisotopic (exact) mass is 265 g/mol. The molecule has 1 aliphatic rings. The Hall–Kier alpha value is -2.89. The van der Waals surface area contributed by atoms with E-state index in [1.54, 1.807) is 12.4 Å². The van der Waals surface area contributed by atoms with Gasteiger partial charge in [-0.1, -0.05) is 12.1 Å². The quantitative estimate of drug-likeness (QED) is 0.577. The van der Waals surface area contributed by atoms with Gasteiger partial charge < -0.3 is 5.73 Å². The largest absolute Gasteiger partial charge is 0.365 e. The third-order valence-corrected chi connectivity index (χ3v) is 3.41. The highest BCUT2D eigenvalue weighted by atomic mass is 15.4. The predicted octanol–water partition coefficient (Wildman–Crippen LogP) is 1.14. The summed E-state index contributed by atoms with van der Waals surface area (Å²) in [5, 5.41) is 3.07. The number of aromatic amines is 1. The molecule has 4 N–H and O–H groups in total. The molecule has 0 bridgehead atoms. The standard InChI is InChI=1S/C14H12N6/c15-13-18-12(9-5-7-16-8-6-9)20-11-4-2-1-3-10(11)17-14(20)19-13/h1-8,12H,(H3,15,17,18,19)/p+1/t12-/m1/s1. The van der Waals surface area contributed by atoms with Crippen molar-refractivity contribution >= 4 is 22.9 Å². The Labute approximate surface area is 115 Å². The van der Waals surface area contributed by atoms with Crippen molar-refractivity contribution in [2.24, 2.45) is 10.7 Å². The molecule has 3 aromatic rings. The highest BCUT2D eigenvalue weighted by molar-refractivity contribution is 5.92. The molecule has 4 rings (SSSR count). The second-order valence-corrected chi connectivity index (χ2v) is 4.65. The zero-order chi connectivity index (χ0) is 13.5. The number of pyridine rings is 1. The number of nitrogens with one attached hydrogen (secondary N) is 2. The van der Waals surface area contributed by atoms with E-state index in [9.17, 15) is 0 Å². The number of aromatic nitrogens is 3. The number of fused-ring (bicyclic) bond motifs is 3. The first-order valence-electron chi connectivity index (χ1n) is 6.35. The maximum absolute atomic E-state index is 5.89. The van der Waals surface area contributed by atoms with Crippen molar-refractivity contribution in [2.45, 2.75) is 6.17 Å². The van der Waals surface area contributed by atoms with E-state index in [0.29, 0.717) is 5.96 Å². The van der Waals surface area contributed by atoms with Gasteiger partial charge in [0.05, 0.1) is 0 Å². The Morgan fingerprint density at radius 1 is 1.10 bits per heavy atom. The molecule has 0 saturated carbocycles. The van der Waals surface area contributed by atoms with Gasteiger partial charge in [0, 0.05) is 18.0 Å². The molecule has 0 unspecified atom stereocenters. The van der Waals surface area contributed by atoms with Gasteiger partial charge in [0.25, 0.3) is 5.96 Å². The molecule has 0 fully saturated rings. The van der Waals surface area contributed by atoms with Gasteiger partial charge >= 0.3 is 5.95 Å². The van der Waals surface area contributed by atoms with Gasteiger partial charge in [0.1, 0.15) is 11.0 Å². The van der Waals surface area contributed by atoms with E-state index in [1.165, 1.54) is 0 Å². The summed E-state index contributed by atoms with van der Waals surface area (Å²) < 4.78 is 2.10. The Morgan fingerprint density at radius 3 is 2.75 bits per heavy atom. The van der Waals surface area contributed by atoms with E-state index in [-0.39, 0.29) is 6.17 Å². The molecule has 3 heterocycles. The van der Waals surface area contributed by atoms with Crippen LogP contribution < -0.4 is 15.6 Å². The highest BCUT2D eigenvalue weighted by Crippen LogP contribution is 2.23. The van der Waals surface area contributed by atoms with E-state index >= 15 is 0 Å². The Kier molecular flexibility index (Phi) is 2.23. The Bertz CT molecular complexity index is 805. The summed E-state index contributed by atoms with van der Waals surface area (Å²) in [6.07, 6.45) is 3.33. The van der Waals surface area contributed by atoms with Crippen LogP contribution in [0, 0.1) is 0 Å². The summed E-state index contributed by atoms with van der Waals surface area (Å²) >= 11 is 0. The molecular weight excluding hydrogens is 252 g/mol. The lowest BCUT2D eigenvalue weighted by Crippen LogP contribution is -2.48. The van der Waals surface area contributed by atoms with Crippen LogP contribution in [0.4, 0.5) is 5.95 Å². The number of aliphatic imine (C=N–C) groups is 1. The van der Waals surface area contributed by atoms with E-state index in [1.807, 2.05) is 30.3 Å². The summed E-state index contributed by atoms with van der Waals surface area (Å²) in [4.78, 5) is 11.9. The van der Waals surface area contributed by atoms with Gasteiger partial charge in [-0.25, -0.2) is 14.9 Å². The first-order valence-corrected chi connectivity index (χ1v) is 6.35. The number of nitrogens with zero attached hydrogens (tertiary/aromatic N) is 3. The number of para-hydroxylation sites is 2. The number of guanidine groups is 1. The van der Waals surface area contributed by atoms with Crippen LogP contribution in [0.3, 0.4) is 0 Å². The fourth-order valence-corrected chi connectivity index (χ4v) is 2.55.